The van der Waals surface area contributed by atoms with Gasteiger partial charge in [-0.2, -0.15) is 4.72 Å². The standard InChI is InChI=1S/C26H36N2O4S/c1-3-32-25-17-16-23(18-20(25)2)33(30,31)28-24(19-21-12-8-7-9-13-21)26(29)27-22-14-10-5-4-6-11-15-22/h7-9,12-13,16-18,22,24,28H,3-6,10-11,14-15,19H2,1-2H3,(H,27,29)/t24-/m0/s1. The van der Waals surface area contributed by atoms with Crippen LogP contribution in [-0.4, -0.2) is 33.0 Å². The summed E-state index contributed by atoms with van der Waals surface area (Å²) >= 11 is 0. The molecule has 1 atom stereocenters. The van der Waals surface area contributed by atoms with E-state index in [-0.39, 0.29) is 23.3 Å². The second-order valence-electron chi connectivity index (χ2n) is 8.77. The Morgan fingerprint density at radius 1 is 1.03 bits per heavy atom. The summed E-state index contributed by atoms with van der Waals surface area (Å²) in [6.45, 7) is 4.20. The highest BCUT2D eigenvalue weighted by Crippen LogP contribution is 2.22. The molecule has 3 rings (SSSR count). The lowest BCUT2D eigenvalue weighted by Crippen LogP contribution is -2.50. The molecular weight excluding hydrogens is 436 g/mol. The van der Waals surface area contributed by atoms with Crippen molar-refractivity contribution in [1.82, 2.24) is 10.0 Å². The van der Waals surface area contributed by atoms with Gasteiger partial charge in [-0.1, -0.05) is 62.4 Å². The summed E-state index contributed by atoms with van der Waals surface area (Å²) in [5.74, 6) is 0.384. The van der Waals surface area contributed by atoms with Crippen molar-refractivity contribution in [2.45, 2.75) is 82.2 Å². The quantitative estimate of drug-likeness (QED) is 0.562. The monoisotopic (exact) mass is 472 g/mol. The van der Waals surface area contributed by atoms with Gasteiger partial charge in [0.25, 0.3) is 0 Å². The lowest BCUT2D eigenvalue weighted by atomic mass is 9.96. The minimum atomic E-state index is -3.90. The summed E-state index contributed by atoms with van der Waals surface area (Å²) in [6, 6.07) is 13.5. The summed E-state index contributed by atoms with van der Waals surface area (Å²) in [7, 11) is -3.90. The Morgan fingerprint density at radius 2 is 1.70 bits per heavy atom. The highest BCUT2D eigenvalue weighted by molar-refractivity contribution is 7.89. The first-order valence-corrected chi connectivity index (χ1v) is 13.5. The van der Waals surface area contributed by atoms with Gasteiger partial charge in [0.15, 0.2) is 0 Å². The van der Waals surface area contributed by atoms with Crippen molar-refractivity contribution in [2.24, 2.45) is 0 Å². The first-order valence-electron chi connectivity index (χ1n) is 12.0. The van der Waals surface area contributed by atoms with Gasteiger partial charge >= 0.3 is 0 Å². The van der Waals surface area contributed by atoms with Gasteiger partial charge in [-0.3, -0.25) is 4.79 Å². The normalized spacial score (nSPS) is 16.4. The number of nitrogens with one attached hydrogen (secondary N) is 2. The second kappa shape index (κ2) is 12.2. The Labute approximate surface area is 198 Å². The number of amides is 1. The predicted octanol–water partition coefficient (Wildman–Crippen LogP) is 4.51. The maximum absolute atomic E-state index is 13.3. The Balaban J connectivity index is 1.79. The van der Waals surface area contributed by atoms with Crippen molar-refractivity contribution in [3.8, 4) is 5.75 Å². The zero-order valence-electron chi connectivity index (χ0n) is 19.7. The van der Waals surface area contributed by atoms with Gasteiger partial charge in [0.1, 0.15) is 11.8 Å². The predicted molar refractivity (Wildman–Crippen MR) is 131 cm³/mol. The third-order valence-corrected chi connectivity index (χ3v) is 7.57. The summed E-state index contributed by atoms with van der Waals surface area (Å²) in [6.07, 6.45) is 7.96. The smallest absolute Gasteiger partial charge is 0.241 e. The maximum atomic E-state index is 13.3. The summed E-state index contributed by atoms with van der Waals surface area (Å²) < 4.78 is 34.6. The topological polar surface area (TPSA) is 84.5 Å². The molecule has 0 bridgehead atoms. The van der Waals surface area contributed by atoms with Crippen molar-refractivity contribution >= 4 is 15.9 Å². The highest BCUT2D eigenvalue weighted by atomic mass is 32.2. The van der Waals surface area contributed by atoms with Crippen LogP contribution in [0.5, 0.6) is 5.75 Å². The number of carbonyl (C=O) groups is 1. The van der Waals surface area contributed by atoms with Gasteiger partial charge in [-0.05, 0) is 62.4 Å². The third kappa shape index (κ3) is 7.57. The van der Waals surface area contributed by atoms with Crippen LogP contribution in [0.25, 0.3) is 0 Å². The SMILES string of the molecule is CCOc1ccc(S(=O)(=O)N[C@@H](Cc2ccccc2)C(=O)NC2CCCCCCC2)cc1C. The number of ether oxygens (including phenoxy) is 1. The average molecular weight is 473 g/mol. The van der Waals surface area contributed by atoms with Crippen molar-refractivity contribution in [3.05, 3.63) is 59.7 Å². The molecule has 1 saturated carbocycles. The number of aryl methyl sites for hydroxylation is 1. The van der Waals surface area contributed by atoms with Gasteiger partial charge in [0.05, 0.1) is 11.5 Å². The summed E-state index contributed by atoms with van der Waals surface area (Å²) in [4.78, 5) is 13.4. The van der Waals surface area contributed by atoms with E-state index in [4.69, 9.17) is 4.74 Å². The van der Waals surface area contributed by atoms with E-state index in [0.29, 0.717) is 12.4 Å². The largest absolute Gasteiger partial charge is 0.494 e. The van der Waals surface area contributed by atoms with Gasteiger partial charge in [0, 0.05) is 6.04 Å². The first-order chi connectivity index (χ1) is 15.9. The molecule has 2 aromatic carbocycles. The number of sulfonamides is 1. The number of hydrogen-bond acceptors (Lipinski definition) is 4. The van der Waals surface area contributed by atoms with Crippen LogP contribution in [0.2, 0.25) is 0 Å². The molecule has 0 saturated heterocycles. The van der Waals surface area contributed by atoms with E-state index >= 15 is 0 Å². The van der Waals surface area contributed by atoms with Crippen LogP contribution < -0.4 is 14.8 Å². The van der Waals surface area contributed by atoms with E-state index in [1.165, 1.54) is 25.3 Å². The van der Waals surface area contributed by atoms with Crippen LogP contribution in [0.1, 0.15) is 63.0 Å². The molecule has 1 aliphatic rings. The fraction of sp³-hybridized carbons (Fsp3) is 0.500. The fourth-order valence-electron chi connectivity index (χ4n) is 4.30. The summed E-state index contributed by atoms with van der Waals surface area (Å²) in [5, 5.41) is 3.13. The molecule has 0 aromatic heterocycles. The minimum Gasteiger partial charge on any atom is -0.494 e. The van der Waals surface area contributed by atoms with E-state index in [0.717, 1.165) is 36.8 Å². The molecular formula is C26H36N2O4S. The molecule has 0 radical (unpaired) electrons. The molecule has 0 heterocycles. The number of carbonyl (C=O) groups excluding carboxylic acids is 1. The Bertz CT molecular complexity index is 1000. The Kier molecular flexibility index (Phi) is 9.32. The van der Waals surface area contributed by atoms with Crippen molar-refractivity contribution < 1.29 is 17.9 Å². The number of benzene rings is 2. The van der Waals surface area contributed by atoms with Gasteiger partial charge in [-0.25, -0.2) is 8.42 Å². The lowest BCUT2D eigenvalue weighted by Gasteiger charge is -2.25. The molecule has 0 unspecified atom stereocenters. The molecule has 2 aromatic rings. The van der Waals surface area contributed by atoms with Crippen molar-refractivity contribution in [3.63, 3.8) is 0 Å². The minimum absolute atomic E-state index is 0.0910. The molecule has 0 spiro atoms. The third-order valence-electron chi connectivity index (χ3n) is 6.10. The van der Waals surface area contributed by atoms with Crippen LogP contribution in [0.4, 0.5) is 0 Å². The van der Waals surface area contributed by atoms with Crippen molar-refractivity contribution in [1.29, 1.82) is 0 Å². The zero-order chi connectivity index (χ0) is 23.7. The van der Waals surface area contributed by atoms with Crippen LogP contribution >= 0.6 is 0 Å². The fourth-order valence-corrected chi connectivity index (χ4v) is 5.58. The van der Waals surface area contributed by atoms with Gasteiger partial charge in [-0.15, -0.1) is 0 Å². The summed E-state index contributed by atoms with van der Waals surface area (Å²) in [5.41, 5.74) is 1.64. The van der Waals surface area contributed by atoms with E-state index in [1.807, 2.05) is 44.2 Å². The highest BCUT2D eigenvalue weighted by Gasteiger charge is 2.28. The van der Waals surface area contributed by atoms with Crippen LogP contribution in [0.15, 0.2) is 53.4 Å². The molecule has 33 heavy (non-hydrogen) atoms. The first kappa shape index (κ1) is 25.2. The van der Waals surface area contributed by atoms with Crippen LogP contribution in [0.3, 0.4) is 0 Å². The molecule has 180 valence electrons. The molecule has 6 nitrogen and oxygen atoms in total. The maximum Gasteiger partial charge on any atom is 0.241 e. The number of hydrogen-bond donors (Lipinski definition) is 2. The molecule has 0 aliphatic heterocycles. The average Bonchev–Trinajstić information content (AvgIpc) is 2.77. The molecule has 1 fully saturated rings. The van der Waals surface area contributed by atoms with Crippen LogP contribution in [0, 0.1) is 6.92 Å². The van der Waals surface area contributed by atoms with Gasteiger partial charge in [0.2, 0.25) is 15.9 Å². The van der Waals surface area contributed by atoms with E-state index in [1.54, 1.807) is 12.1 Å². The Hall–Kier alpha value is -2.38. The van der Waals surface area contributed by atoms with Crippen LogP contribution in [-0.2, 0) is 21.2 Å². The molecule has 7 heteroatoms. The second-order valence-corrected chi connectivity index (χ2v) is 10.5. The zero-order valence-corrected chi connectivity index (χ0v) is 20.5. The van der Waals surface area contributed by atoms with Gasteiger partial charge < -0.3 is 10.1 Å². The lowest BCUT2D eigenvalue weighted by molar-refractivity contribution is -0.123. The Morgan fingerprint density at radius 3 is 2.33 bits per heavy atom. The van der Waals surface area contributed by atoms with E-state index in [2.05, 4.69) is 10.0 Å². The molecule has 2 N–H and O–H groups in total. The molecule has 1 amide bonds. The van der Waals surface area contributed by atoms with Crippen molar-refractivity contribution in [2.75, 3.05) is 6.61 Å². The number of rotatable bonds is 9. The van der Waals surface area contributed by atoms with E-state index in [9.17, 15) is 13.2 Å². The molecule has 1 aliphatic carbocycles. The van der Waals surface area contributed by atoms with E-state index < -0.39 is 16.1 Å².